The fourth-order valence-electron chi connectivity index (χ4n) is 2.00. The van der Waals surface area contributed by atoms with Crippen molar-refractivity contribution in [2.24, 2.45) is 5.73 Å². The first kappa shape index (κ1) is 18.5. The molecule has 0 aliphatic carbocycles. The van der Waals surface area contributed by atoms with Crippen LogP contribution in [0.15, 0.2) is 53.0 Å². The van der Waals surface area contributed by atoms with E-state index < -0.39 is 6.03 Å². The third-order valence-corrected chi connectivity index (χ3v) is 3.71. The second kappa shape index (κ2) is 8.84. The first-order valence-corrected chi connectivity index (χ1v) is 8.23. The van der Waals surface area contributed by atoms with Gasteiger partial charge in [0.15, 0.2) is 0 Å². The number of nitrogens with two attached hydrogens (primary N) is 1. The fourth-order valence-corrected chi connectivity index (χ4v) is 2.26. The maximum absolute atomic E-state index is 11.9. The van der Waals surface area contributed by atoms with Gasteiger partial charge in [-0.1, -0.05) is 15.9 Å². The molecule has 130 valence electrons. The smallest absolute Gasteiger partial charge is 0.316 e. The highest BCUT2D eigenvalue weighted by molar-refractivity contribution is 9.10. The molecule has 2 aromatic rings. The van der Waals surface area contributed by atoms with Crippen LogP contribution in [-0.4, -0.2) is 24.4 Å². The molecule has 0 saturated carbocycles. The average Bonchev–Trinajstić information content (AvgIpc) is 2.56. The van der Waals surface area contributed by atoms with Crippen LogP contribution in [0.3, 0.4) is 0 Å². The molecule has 0 atom stereocenters. The van der Waals surface area contributed by atoms with Crippen molar-refractivity contribution in [3.63, 3.8) is 0 Å². The van der Waals surface area contributed by atoms with Gasteiger partial charge in [-0.3, -0.25) is 9.59 Å². The van der Waals surface area contributed by atoms with E-state index in [0.717, 1.165) is 4.47 Å². The van der Waals surface area contributed by atoms with Gasteiger partial charge in [0.1, 0.15) is 0 Å². The van der Waals surface area contributed by atoms with Gasteiger partial charge in [0.25, 0.3) is 5.91 Å². The van der Waals surface area contributed by atoms with E-state index in [0.29, 0.717) is 16.9 Å². The molecule has 0 aromatic heterocycles. The van der Waals surface area contributed by atoms with E-state index in [-0.39, 0.29) is 24.8 Å². The lowest BCUT2D eigenvalue weighted by Gasteiger charge is -2.08. The normalized spacial score (nSPS) is 9.96. The Morgan fingerprint density at radius 1 is 0.880 bits per heavy atom. The van der Waals surface area contributed by atoms with Crippen molar-refractivity contribution in [1.82, 2.24) is 5.32 Å². The molecule has 0 aliphatic heterocycles. The van der Waals surface area contributed by atoms with Crippen molar-refractivity contribution in [2.45, 2.75) is 6.42 Å². The summed E-state index contributed by atoms with van der Waals surface area (Å²) >= 11 is 3.30. The Labute approximate surface area is 153 Å². The summed E-state index contributed by atoms with van der Waals surface area (Å²) in [6.45, 7) is 0.224. The van der Waals surface area contributed by atoms with Crippen LogP contribution >= 0.6 is 15.9 Å². The van der Waals surface area contributed by atoms with E-state index in [1.807, 2.05) is 0 Å². The van der Waals surface area contributed by atoms with Gasteiger partial charge in [-0.15, -0.1) is 0 Å². The number of hydrogen-bond acceptors (Lipinski definition) is 3. The summed E-state index contributed by atoms with van der Waals surface area (Å²) in [7, 11) is 0. The number of hydrogen-bond donors (Lipinski definition) is 4. The van der Waals surface area contributed by atoms with Crippen LogP contribution in [-0.2, 0) is 4.79 Å². The van der Waals surface area contributed by atoms with Crippen molar-refractivity contribution in [1.29, 1.82) is 0 Å². The second-order valence-corrected chi connectivity index (χ2v) is 6.04. The van der Waals surface area contributed by atoms with Gasteiger partial charge in [0.2, 0.25) is 5.91 Å². The van der Waals surface area contributed by atoms with Crippen molar-refractivity contribution in [2.75, 3.05) is 17.2 Å². The Kier molecular flexibility index (Phi) is 6.53. The van der Waals surface area contributed by atoms with Crippen LogP contribution in [0.2, 0.25) is 0 Å². The Morgan fingerprint density at radius 3 is 2.00 bits per heavy atom. The van der Waals surface area contributed by atoms with E-state index in [1.165, 1.54) is 0 Å². The van der Waals surface area contributed by atoms with E-state index in [1.54, 1.807) is 48.5 Å². The molecule has 0 fully saturated rings. The zero-order chi connectivity index (χ0) is 18.2. The Bertz CT molecular complexity index is 760. The minimum absolute atomic E-state index is 0.142. The molecule has 0 saturated heterocycles. The standard InChI is InChI=1S/C17H17BrN4O3/c18-12-3-1-11(2-4-12)16(24)20-10-9-15(23)21-13-5-7-14(8-6-13)22-17(19)25/h1-8H,9-10H2,(H,20,24)(H,21,23)(H3,19,22,25). The quantitative estimate of drug-likeness (QED) is 0.593. The Morgan fingerprint density at radius 2 is 1.44 bits per heavy atom. The highest BCUT2D eigenvalue weighted by Crippen LogP contribution is 2.13. The lowest BCUT2D eigenvalue weighted by molar-refractivity contribution is -0.116. The van der Waals surface area contributed by atoms with Gasteiger partial charge >= 0.3 is 6.03 Å². The number of urea groups is 1. The van der Waals surface area contributed by atoms with Gasteiger partial charge in [0, 0.05) is 34.4 Å². The molecule has 0 spiro atoms. The molecule has 4 amide bonds. The lowest BCUT2D eigenvalue weighted by atomic mass is 10.2. The number of carbonyl (C=O) groups is 3. The maximum atomic E-state index is 11.9. The number of rotatable bonds is 6. The largest absolute Gasteiger partial charge is 0.352 e. The predicted molar refractivity (Wildman–Crippen MR) is 99.4 cm³/mol. The van der Waals surface area contributed by atoms with Gasteiger partial charge in [-0.05, 0) is 48.5 Å². The molecule has 7 nitrogen and oxygen atoms in total. The fraction of sp³-hybridized carbons (Fsp3) is 0.118. The molecule has 0 radical (unpaired) electrons. The van der Waals surface area contributed by atoms with Crippen LogP contribution in [0.5, 0.6) is 0 Å². The summed E-state index contributed by atoms with van der Waals surface area (Å²) in [6, 6.07) is 12.8. The highest BCUT2D eigenvalue weighted by atomic mass is 79.9. The average molecular weight is 405 g/mol. The molecule has 0 aliphatic rings. The number of nitrogens with one attached hydrogen (secondary N) is 3. The second-order valence-electron chi connectivity index (χ2n) is 5.13. The van der Waals surface area contributed by atoms with E-state index in [4.69, 9.17) is 5.73 Å². The molecule has 0 unspecified atom stereocenters. The molecule has 5 N–H and O–H groups in total. The van der Waals surface area contributed by atoms with Crippen LogP contribution in [0.25, 0.3) is 0 Å². The predicted octanol–water partition coefficient (Wildman–Crippen LogP) is 2.70. The Balaban J connectivity index is 1.75. The minimum atomic E-state index is -0.654. The number of carbonyl (C=O) groups excluding carboxylic acids is 3. The topological polar surface area (TPSA) is 113 Å². The summed E-state index contributed by atoms with van der Waals surface area (Å²) in [5.41, 5.74) is 6.66. The molecular formula is C17H17BrN4O3. The third-order valence-electron chi connectivity index (χ3n) is 3.18. The number of halogens is 1. The molecule has 25 heavy (non-hydrogen) atoms. The molecule has 0 heterocycles. The SMILES string of the molecule is NC(=O)Nc1ccc(NC(=O)CCNC(=O)c2ccc(Br)cc2)cc1. The number of amides is 4. The van der Waals surface area contributed by atoms with E-state index in [2.05, 4.69) is 31.9 Å². The number of anilines is 2. The molecule has 2 rings (SSSR count). The van der Waals surface area contributed by atoms with Crippen LogP contribution < -0.4 is 21.7 Å². The third kappa shape index (κ3) is 6.27. The Hall–Kier alpha value is -2.87. The van der Waals surface area contributed by atoms with Crippen molar-refractivity contribution in [3.8, 4) is 0 Å². The lowest BCUT2D eigenvalue weighted by Crippen LogP contribution is -2.27. The summed E-state index contributed by atoms with van der Waals surface area (Å²) in [5.74, 6) is -0.464. The monoisotopic (exact) mass is 404 g/mol. The maximum Gasteiger partial charge on any atom is 0.316 e. The summed E-state index contributed by atoms with van der Waals surface area (Å²) in [6.07, 6.45) is 0.142. The first-order chi connectivity index (χ1) is 11.9. The van der Waals surface area contributed by atoms with E-state index in [9.17, 15) is 14.4 Å². The molecular weight excluding hydrogens is 388 g/mol. The van der Waals surface area contributed by atoms with Crippen LogP contribution in [0, 0.1) is 0 Å². The van der Waals surface area contributed by atoms with Crippen molar-refractivity contribution < 1.29 is 14.4 Å². The van der Waals surface area contributed by atoms with Gasteiger partial charge in [-0.25, -0.2) is 4.79 Å². The summed E-state index contributed by atoms with van der Waals surface area (Å²) < 4.78 is 0.889. The zero-order valence-electron chi connectivity index (χ0n) is 13.2. The number of primary amides is 1. The summed E-state index contributed by atoms with van der Waals surface area (Å²) in [5, 5.41) is 7.82. The van der Waals surface area contributed by atoms with Crippen molar-refractivity contribution >= 4 is 45.2 Å². The number of benzene rings is 2. The van der Waals surface area contributed by atoms with Crippen molar-refractivity contribution in [3.05, 3.63) is 58.6 Å². The van der Waals surface area contributed by atoms with Gasteiger partial charge in [0.05, 0.1) is 0 Å². The molecule has 2 aromatic carbocycles. The highest BCUT2D eigenvalue weighted by Gasteiger charge is 2.07. The minimum Gasteiger partial charge on any atom is -0.352 e. The first-order valence-electron chi connectivity index (χ1n) is 7.44. The van der Waals surface area contributed by atoms with Crippen LogP contribution in [0.4, 0.5) is 16.2 Å². The van der Waals surface area contributed by atoms with E-state index >= 15 is 0 Å². The summed E-state index contributed by atoms with van der Waals surface area (Å²) in [4.78, 5) is 34.5. The molecule has 0 bridgehead atoms. The van der Waals surface area contributed by atoms with Gasteiger partial charge < -0.3 is 21.7 Å². The molecule has 8 heteroatoms. The van der Waals surface area contributed by atoms with Crippen LogP contribution in [0.1, 0.15) is 16.8 Å². The van der Waals surface area contributed by atoms with Gasteiger partial charge in [-0.2, -0.15) is 0 Å². The zero-order valence-corrected chi connectivity index (χ0v) is 14.8.